The fraction of sp³-hybridized carbons (Fsp3) is 0.471. The SMILES string of the molecule is CCC1CCC(Nc2cccc(Cn3cccn3)c2)C1. The van der Waals surface area contributed by atoms with Crippen LogP contribution in [0.15, 0.2) is 42.7 Å². The first kappa shape index (κ1) is 13.2. The Bertz CT molecular complexity index is 533. The second-order valence-corrected chi connectivity index (χ2v) is 5.83. The van der Waals surface area contributed by atoms with Crippen LogP contribution < -0.4 is 5.32 Å². The first-order chi connectivity index (χ1) is 9.83. The van der Waals surface area contributed by atoms with Crippen molar-refractivity contribution in [3.05, 3.63) is 48.3 Å². The average molecular weight is 269 g/mol. The molecule has 0 saturated heterocycles. The molecule has 0 spiro atoms. The maximum atomic E-state index is 4.26. The summed E-state index contributed by atoms with van der Waals surface area (Å²) in [4.78, 5) is 0. The molecule has 2 atom stereocenters. The van der Waals surface area contributed by atoms with Gasteiger partial charge in [-0.05, 0) is 48.9 Å². The lowest BCUT2D eigenvalue weighted by Crippen LogP contribution is -2.15. The lowest BCUT2D eigenvalue weighted by atomic mass is 10.1. The Balaban J connectivity index is 1.62. The molecule has 1 saturated carbocycles. The summed E-state index contributed by atoms with van der Waals surface area (Å²) in [5.74, 6) is 0.916. The standard InChI is InChI=1S/C17H23N3/c1-2-14-7-8-17(11-14)19-16-6-3-5-15(12-16)13-20-10-4-9-18-20/h3-6,9-10,12,14,17,19H,2,7-8,11,13H2,1H3. The summed E-state index contributed by atoms with van der Waals surface area (Å²) in [6.07, 6.45) is 9.15. The van der Waals surface area contributed by atoms with E-state index in [1.807, 2.05) is 23.1 Å². The van der Waals surface area contributed by atoms with Gasteiger partial charge in [-0.25, -0.2) is 0 Å². The molecular weight excluding hydrogens is 246 g/mol. The highest BCUT2D eigenvalue weighted by atomic mass is 15.3. The number of aromatic nitrogens is 2. The number of nitrogens with zero attached hydrogens (tertiary/aromatic N) is 2. The van der Waals surface area contributed by atoms with Gasteiger partial charge in [-0.3, -0.25) is 4.68 Å². The minimum absolute atomic E-state index is 0.653. The van der Waals surface area contributed by atoms with Crippen LogP contribution in [-0.4, -0.2) is 15.8 Å². The van der Waals surface area contributed by atoms with Crippen molar-refractivity contribution in [1.29, 1.82) is 0 Å². The fourth-order valence-electron chi connectivity index (χ4n) is 3.15. The Kier molecular flexibility index (Phi) is 4.05. The van der Waals surface area contributed by atoms with Crippen LogP contribution in [0.4, 0.5) is 5.69 Å². The highest BCUT2D eigenvalue weighted by Gasteiger charge is 2.22. The smallest absolute Gasteiger partial charge is 0.0660 e. The summed E-state index contributed by atoms with van der Waals surface area (Å²) in [5, 5.41) is 7.96. The normalized spacial score (nSPS) is 22.1. The Morgan fingerprint density at radius 2 is 2.25 bits per heavy atom. The summed E-state index contributed by atoms with van der Waals surface area (Å²) in [6, 6.07) is 11.3. The predicted molar refractivity (Wildman–Crippen MR) is 82.8 cm³/mol. The van der Waals surface area contributed by atoms with Gasteiger partial charge in [0.05, 0.1) is 6.54 Å². The van der Waals surface area contributed by atoms with E-state index in [0.717, 1.165) is 12.5 Å². The molecule has 1 N–H and O–H groups in total. The maximum absolute atomic E-state index is 4.26. The Morgan fingerprint density at radius 1 is 1.30 bits per heavy atom. The van der Waals surface area contributed by atoms with Crippen molar-refractivity contribution in [2.24, 2.45) is 5.92 Å². The lowest BCUT2D eigenvalue weighted by Gasteiger charge is -2.15. The number of benzene rings is 1. The minimum Gasteiger partial charge on any atom is -0.382 e. The van der Waals surface area contributed by atoms with Crippen molar-refractivity contribution in [3.63, 3.8) is 0 Å². The Morgan fingerprint density at radius 3 is 3.00 bits per heavy atom. The molecule has 1 aromatic carbocycles. The topological polar surface area (TPSA) is 29.9 Å². The molecule has 106 valence electrons. The molecule has 1 aliphatic rings. The molecule has 0 bridgehead atoms. The van der Waals surface area contributed by atoms with E-state index in [0.29, 0.717) is 6.04 Å². The van der Waals surface area contributed by atoms with Crippen molar-refractivity contribution in [3.8, 4) is 0 Å². The summed E-state index contributed by atoms with van der Waals surface area (Å²) < 4.78 is 1.96. The molecule has 1 aliphatic carbocycles. The van der Waals surface area contributed by atoms with Crippen LogP contribution in [-0.2, 0) is 6.54 Å². The number of hydrogen-bond acceptors (Lipinski definition) is 2. The molecular formula is C17H23N3. The van der Waals surface area contributed by atoms with Crippen molar-refractivity contribution >= 4 is 5.69 Å². The first-order valence-corrected chi connectivity index (χ1v) is 7.66. The molecule has 1 fully saturated rings. The van der Waals surface area contributed by atoms with Crippen LogP contribution in [0.1, 0.15) is 38.2 Å². The molecule has 2 unspecified atom stereocenters. The van der Waals surface area contributed by atoms with Crippen LogP contribution in [0.3, 0.4) is 0 Å². The molecule has 1 aromatic heterocycles. The highest BCUT2D eigenvalue weighted by Crippen LogP contribution is 2.30. The van der Waals surface area contributed by atoms with Crippen molar-refractivity contribution < 1.29 is 0 Å². The van der Waals surface area contributed by atoms with Gasteiger partial charge in [0.1, 0.15) is 0 Å². The average Bonchev–Trinajstić information content (AvgIpc) is 3.11. The number of anilines is 1. The summed E-state index contributed by atoms with van der Waals surface area (Å²) in [6.45, 7) is 3.14. The van der Waals surface area contributed by atoms with Crippen LogP contribution in [0.25, 0.3) is 0 Å². The fourth-order valence-corrected chi connectivity index (χ4v) is 3.15. The molecule has 0 aliphatic heterocycles. The third-order valence-corrected chi connectivity index (χ3v) is 4.32. The third kappa shape index (κ3) is 3.21. The van der Waals surface area contributed by atoms with Gasteiger partial charge in [-0.2, -0.15) is 5.10 Å². The molecule has 20 heavy (non-hydrogen) atoms. The molecule has 2 aromatic rings. The van der Waals surface area contributed by atoms with Crippen molar-refractivity contribution in [2.45, 2.75) is 45.2 Å². The van der Waals surface area contributed by atoms with Crippen LogP contribution in [0.2, 0.25) is 0 Å². The van der Waals surface area contributed by atoms with Gasteiger partial charge in [0.25, 0.3) is 0 Å². The van der Waals surface area contributed by atoms with E-state index in [4.69, 9.17) is 0 Å². The van der Waals surface area contributed by atoms with Crippen molar-refractivity contribution in [2.75, 3.05) is 5.32 Å². The molecule has 3 heteroatoms. The summed E-state index contributed by atoms with van der Waals surface area (Å²) in [5.41, 5.74) is 2.54. The number of nitrogens with one attached hydrogen (secondary N) is 1. The van der Waals surface area contributed by atoms with Gasteiger partial charge in [0.15, 0.2) is 0 Å². The van der Waals surface area contributed by atoms with E-state index < -0.39 is 0 Å². The Hall–Kier alpha value is -1.77. The third-order valence-electron chi connectivity index (χ3n) is 4.32. The second-order valence-electron chi connectivity index (χ2n) is 5.83. The predicted octanol–water partition coefficient (Wildman–Crippen LogP) is 3.92. The monoisotopic (exact) mass is 269 g/mol. The maximum Gasteiger partial charge on any atom is 0.0660 e. The summed E-state index contributed by atoms with van der Waals surface area (Å²) >= 11 is 0. The number of hydrogen-bond donors (Lipinski definition) is 1. The molecule has 0 radical (unpaired) electrons. The van der Waals surface area contributed by atoms with Gasteiger partial charge in [0, 0.05) is 24.1 Å². The van der Waals surface area contributed by atoms with E-state index in [2.05, 4.69) is 41.6 Å². The zero-order valence-electron chi connectivity index (χ0n) is 12.1. The van der Waals surface area contributed by atoms with Gasteiger partial charge in [0.2, 0.25) is 0 Å². The molecule has 1 heterocycles. The number of rotatable bonds is 5. The summed E-state index contributed by atoms with van der Waals surface area (Å²) in [7, 11) is 0. The molecule has 3 rings (SSSR count). The lowest BCUT2D eigenvalue weighted by molar-refractivity contribution is 0.525. The Labute approximate surface area is 121 Å². The van der Waals surface area contributed by atoms with Crippen molar-refractivity contribution in [1.82, 2.24) is 9.78 Å². The van der Waals surface area contributed by atoms with Gasteiger partial charge in [-0.1, -0.05) is 25.5 Å². The second kappa shape index (κ2) is 6.12. The van der Waals surface area contributed by atoms with Gasteiger partial charge >= 0.3 is 0 Å². The quantitative estimate of drug-likeness (QED) is 0.891. The van der Waals surface area contributed by atoms with Crippen LogP contribution in [0, 0.1) is 5.92 Å². The highest BCUT2D eigenvalue weighted by molar-refractivity contribution is 5.46. The minimum atomic E-state index is 0.653. The largest absolute Gasteiger partial charge is 0.382 e. The van der Waals surface area contributed by atoms with Crippen LogP contribution in [0.5, 0.6) is 0 Å². The zero-order valence-corrected chi connectivity index (χ0v) is 12.1. The molecule has 3 nitrogen and oxygen atoms in total. The van der Waals surface area contributed by atoms with E-state index in [1.54, 1.807) is 0 Å². The van der Waals surface area contributed by atoms with Gasteiger partial charge < -0.3 is 5.32 Å². The van der Waals surface area contributed by atoms with Gasteiger partial charge in [-0.15, -0.1) is 0 Å². The van der Waals surface area contributed by atoms with Crippen LogP contribution >= 0.6 is 0 Å². The van der Waals surface area contributed by atoms with E-state index in [9.17, 15) is 0 Å². The van der Waals surface area contributed by atoms with E-state index in [1.165, 1.54) is 36.9 Å². The van der Waals surface area contributed by atoms with E-state index >= 15 is 0 Å². The zero-order chi connectivity index (χ0) is 13.8. The molecule has 0 amide bonds. The van der Waals surface area contributed by atoms with E-state index in [-0.39, 0.29) is 0 Å². The first-order valence-electron chi connectivity index (χ1n) is 7.66.